The highest BCUT2D eigenvalue weighted by atomic mass is 16.4. The van der Waals surface area contributed by atoms with Crippen LogP contribution in [0.3, 0.4) is 0 Å². The molecule has 2 rings (SSSR count). The maximum atomic E-state index is 13.0. The molecule has 2 N–H and O–H groups in total. The molecule has 0 saturated heterocycles. The number of ketones is 4. The van der Waals surface area contributed by atoms with Crippen LogP contribution in [0, 0.1) is 10.8 Å². The van der Waals surface area contributed by atoms with Gasteiger partial charge < -0.3 is 10.2 Å². The molecule has 0 saturated carbocycles. The Hall–Kier alpha value is -3.94. The van der Waals surface area contributed by atoms with E-state index in [4.69, 9.17) is 0 Å². The van der Waals surface area contributed by atoms with Gasteiger partial charge >= 0.3 is 11.9 Å². The molecule has 2 aromatic carbocycles. The third-order valence-corrected chi connectivity index (χ3v) is 5.92. The Morgan fingerprint density at radius 3 is 1.31 bits per heavy atom. The predicted molar refractivity (Wildman–Crippen MR) is 128 cm³/mol. The predicted octanol–water partition coefficient (Wildman–Crippen LogP) is 4.74. The van der Waals surface area contributed by atoms with E-state index in [-0.39, 0.29) is 33.4 Å². The van der Waals surface area contributed by atoms with Crippen LogP contribution in [0.25, 0.3) is 11.1 Å². The number of carboxylic acids is 2. The Labute approximate surface area is 203 Å². The highest BCUT2D eigenvalue weighted by Crippen LogP contribution is 2.32. The largest absolute Gasteiger partial charge is 0.475 e. The molecule has 0 aromatic heterocycles. The number of carboxylic acid groups (broad SMARTS) is 2. The fourth-order valence-corrected chi connectivity index (χ4v) is 3.38. The molecule has 0 fully saturated rings. The average Bonchev–Trinajstić information content (AvgIpc) is 2.80. The quantitative estimate of drug-likeness (QED) is 0.387. The zero-order chi connectivity index (χ0) is 26.9. The minimum atomic E-state index is -1.74. The van der Waals surface area contributed by atoms with Gasteiger partial charge in [0.25, 0.3) is 11.6 Å². The fourth-order valence-electron chi connectivity index (χ4n) is 3.38. The number of benzene rings is 2. The Bertz CT molecular complexity index is 1260. The molecular formula is C27H28O8. The molecule has 35 heavy (non-hydrogen) atoms. The highest BCUT2D eigenvalue weighted by Gasteiger charge is 2.32. The van der Waals surface area contributed by atoms with E-state index >= 15 is 0 Å². The minimum Gasteiger partial charge on any atom is -0.475 e. The van der Waals surface area contributed by atoms with Crippen LogP contribution in [0.2, 0.25) is 0 Å². The Morgan fingerprint density at radius 1 is 0.629 bits per heavy atom. The van der Waals surface area contributed by atoms with Crippen LogP contribution >= 0.6 is 0 Å². The molecular weight excluding hydrogens is 452 g/mol. The number of hydrogen-bond acceptors (Lipinski definition) is 6. The van der Waals surface area contributed by atoms with Gasteiger partial charge in [-0.1, -0.05) is 65.8 Å². The third-order valence-electron chi connectivity index (χ3n) is 5.92. The normalized spacial score (nSPS) is 11.6. The number of carbonyl (C=O) groups is 6. The summed E-state index contributed by atoms with van der Waals surface area (Å²) in [6.45, 7) is 10.1. The maximum Gasteiger partial charge on any atom is 0.377 e. The Kier molecular flexibility index (Phi) is 7.60. The third kappa shape index (κ3) is 5.59. The van der Waals surface area contributed by atoms with Gasteiger partial charge in [-0.15, -0.1) is 0 Å². The number of rotatable bonds is 9. The van der Waals surface area contributed by atoms with Crippen molar-refractivity contribution in [2.24, 2.45) is 10.8 Å². The van der Waals surface area contributed by atoms with E-state index in [1.807, 2.05) is 0 Å². The summed E-state index contributed by atoms with van der Waals surface area (Å²) in [5.41, 5.74) is -1.94. The van der Waals surface area contributed by atoms with Crippen molar-refractivity contribution in [1.29, 1.82) is 0 Å². The number of hydrogen-bond donors (Lipinski definition) is 2. The van der Waals surface area contributed by atoms with Gasteiger partial charge in [0.15, 0.2) is 11.6 Å². The first kappa shape index (κ1) is 27.3. The van der Waals surface area contributed by atoms with Crippen LogP contribution in [0.1, 0.15) is 89.4 Å². The van der Waals surface area contributed by atoms with E-state index < -0.39 is 45.9 Å². The van der Waals surface area contributed by atoms with Crippen LogP contribution in [-0.2, 0) is 9.59 Å². The van der Waals surface area contributed by atoms with Crippen molar-refractivity contribution in [2.45, 2.75) is 48.0 Å². The van der Waals surface area contributed by atoms with Crippen LogP contribution < -0.4 is 0 Å². The molecule has 0 amide bonds. The van der Waals surface area contributed by atoms with Gasteiger partial charge in [0.05, 0.1) is 0 Å². The van der Waals surface area contributed by atoms with E-state index in [0.29, 0.717) is 6.42 Å². The summed E-state index contributed by atoms with van der Waals surface area (Å²) in [5, 5.41) is 18.6. The lowest BCUT2D eigenvalue weighted by Gasteiger charge is -2.22. The van der Waals surface area contributed by atoms with E-state index in [0.717, 1.165) is 0 Å². The second-order valence-electron chi connectivity index (χ2n) is 9.93. The summed E-state index contributed by atoms with van der Waals surface area (Å²) in [7, 11) is 0. The second kappa shape index (κ2) is 9.74. The van der Waals surface area contributed by atoms with E-state index in [1.54, 1.807) is 41.5 Å². The van der Waals surface area contributed by atoms with Crippen molar-refractivity contribution < 1.29 is 39.0 Å². The molecule has 0 bridgehead atoms. The van der Waals surface area contributed by atoms with Crippen molar-refractivity contribution >= 4 is 35.1 Å². The summed E-state index contributed by atoms with van der Waals surface area (Å²) in [6.07, 6.45) is 0.457. The van der Waals surface area contributed by atoms with Gasteiger partial charge in [-0.3, -0.25) is 19.2 Å². The van der Waals surface area contributed by atoms with E-state index in [2.05, 4.69) is 0 Å². The molecule has 0 spiro atoms. The first-order valence-corrected chi connectivity index (χ1v) is 11.0. The van der Waals surface area contributed by atoms with E-state index in [1.165, 1.54) is 36.4 Å². The molecule has 8 heteroatoms. The molecule has 0 atom stereocenters. The van der Waals surface area contributed by atoms with Crippen molar-refractivity contribution in [1.82, 2.24) is 0 Å². The minimum absolute atomic E-state index is 0.0469. The molecule has 0 aliphatic heterocycles. The van der Waals surface area contributed by atoms with Gasteiger partial charge in [-0.05, 0) is 29.7 Å². The lowest BCUT2D eigenvalue weighted by atomic mass is 9.79. The molecule has 8 nitrogen and oxygen atoms in total. The topological polar surface area (TPSA) is 143 Å². The lowest BCUT2D eigenvalue weighted by molar-refractivity contribution is -0.132. The number of aliphatic carboxylic acids is 2. The van der Waals surface area contributed by atoms with Gasteiger partial charge in [0, 0.05) is 33.1 Å². The number of carbonyl (C=O) groups excluding carboxylic acids is 4. The van der Waals surface area contributed by atoms with Crippen molar-refractivity contribution in [3.05, 3.63) is 58.7 Å². The summed E-state index contributed by atoms with van der Waals surface area (Å²) in [5.74, 6) is -6.86. The molecule has 0 aliphatic rings. The second-order valence-corrected chi connectivity index (χ2v) is 9.93. The first-order valence-electron chi connectivity index (χ1n) is 11.0. The average molecular weight is 481 g/mol. The van der Waals surface area contributed by atoms with Gasteiger partial charge in [-0.2, -0.15) is 0 Å². The lowest BCUT2D eigenvalue weighted by Crippen LogP contribution is -2.27. The highest BCUT2D eigenvalue weighted by molar-refractivity contribution is 6.42. The summed E-state index contributed by atoms with van der Waals surface area (Å²) in [6, 6.07) is 8.07. The Balaban J connectivity index is 2.78. The smallest absolute Gasteiger partial charge is 0.377 e. The van der Waals surface area contributed by atoms with Crippen LogP contribution in [0.15, 0.2) is 36.4 Å². The molecule has 0 radical (unpaired) electrons. The van der Waals surface area contributed by atoms with Crippen LogP contribution in [0.5, 0.6) is 0 Å². The summed E-state index contributed by atoms with van der Waals surface area (Å²) >= 11 is 0. The SMILES string of the molecule is CCC(C)(C)C(=O)c1ccc(-c2ccc(C(=O)C(C)(C)C)c(C(=O)C(=O)O)c2)cc1C(=O)C(=O)O. The van der Waals surface area contributed by atoms with Crippen LogP contribution in [-0.4, -0.2) is 45.3 Å². The van der Waals surface area contributed by atoms with Gasteiger partial charge in [0.1, 0.15) is 0 Å². The van der Waals surface area contributed by atoms with Crippen molar-refractivity contribution in [3.63, 3.8) is 0 Å². The maximum absolute atomic E-state index is 13.0. The molecule has 0 aliphatic carbocycles. The van der Waals surface area contributed by atoms with Gasteiger partial charge in [0.2, 0.25) is 0 Å². The monoisotopic (exact) mass is 480 g/mol. The molecule has 2 aromatic rings. The summed E-state index contributed by atoms with van der Waals surface area (Å²) in [4.78, 5) is 73.6. The summed E-state index contributed by atoms with van der Waals surface area (Å²) < 4.78 is 0. The molecule has 184 valence electrons. The van der Waals surface area contributed by atoms with Crippen LogP contribution in [0.4, 0.5) is 0 Å². The molecule has 0 heterocycles. The van der Waals surface area contributed by atoms with Crippen molar-refractivity contribution in [3.8, 4) is 11.1 Å². The Morgan fingerprint density at radius 2 is 1.00 bits per heavy atom. The first-order chi connectivity index (χ1) is 16.0. The van der Waals surface area contributed by atoms with Crippen molar-refractivity contribution in [2.75, 3.05) is 0 Å². The standard InChI is InChI=1S/C27H28O8/c1-7-27(5,6)23(31)17-11-9-15(13-19(17)21(29)25(34)35)14-8-10-16(22(30)26(2,3)4)18(12-14)20(28)24(32)33/h8-13H,7H2,1-6H3,(H,32,33)(H,34,35). The molecule has 0 unspecified atom stereocenters. The fraction of sp³-hybridized carbons (Fsp3) is 0.333. The van der Waals surface area contributed by atoms with Gasteiger partial charge in [-0.25, -0.2) is 9.59 Å². The number of Topliss-reactive ketones (excluding diaryl/α,β-unsaturated/α-hetero) is 4. The zero-order valence-electron chi connectivity index (χ0n) is 20.5. The van der Waals surface area contributed by atoms with E-state index in [9.17, 15) is 39.0 Å². The zero-order valence-corrected chi connectivity index (χ0v) is 20.5.